The number of nitrogens with zero attached hydrogens (tertiary/aromatic N) is 4. The fourth-order valence-corrected chi connectivity index (χ4v) is 3.36. The first-order valence-electron chi connectivity index (χ1n) is 8.70. The number of carbonyl (C=O) groups is 1. The van der Waals surface area contributed by atoms with E-state index in [1.807, 2.05) is 18.2 Å². The average Bonchev–Trinajstić information content (AvgIpc) is 3.10. The van der Waals surface area contributed by atoms with Crippen LogP contribution in [0.4, 0.5) is 11.4 Å². The van der Waals surface area contributed by atoms with Crippen LogP contribution < -0.4 is 11.1 Å². The molecule has 4 rings (SSSR count). The Morgan fingerprint density at radius 1 is 1.24 bits per heavy atom. The van der Waals surface area contributed by atoms with Gasteiger partial charge in [0, 0.05) is 11.6 Å². The summed E-state index contributed by atoms with van der Waals surface area (Å²) in [6.07, 6.45) is 1.58. The Balaban J connectivity index is 1.86. The molecule has 0 atom stereocenters. The van der Waals surface area contributed by atoms with E-state index in [9.17, 15) is 4.79 Å². The third-order valence-electron chi connectivity index (χ3n) is 4.47. The fourth-order valence-electron chi connectivity index (χ4n) is 3.16. The largest absolute Gasteiger partial charge is 0.397 e. The molecular weight excluding hydrogens is 388 g/mol. The number of nitrogen functional groups attached to an aromatic ring is 1. The van der Waals surface area contributed by atoms with Crippen LogP contribution in [0.15, 0.2) is 54.7 Å². The van der Waals surface area contributed by atoms with Gasteiger partial charge >= 0.3 is 0 Å². The third kappa shape index (κ3) is 3.26. The minimum absolute atomic E-state index is 0.282. The van der Waals surface area contributed by atoms with Crippen molar-refractivity contribution < 1.29 is 4.79 Å². The predicted octanol–water partition coefficient (Wildman–Crippen LogP) is 4.09. The average molecular weight is 403 g/mol. The van der Waals surface area contributed by atoms with Crippen molar-refractivity contribution in [2.75, 3.05) is 11.1 Å². The van der Waals surface area contributed by atoms with E-state index in [-0.39, 0.29) is 5.69 Å². The first-order chi connectivity index (χ1) is 14.0. The number of pyridine rings is 1. The highest BCUT2D eigenvalue weighted by Gasteiger charge is 2.22. The zero-order valence-electron chi connectivity index (χ0n) is 15.3. The van der Waals surface area contributed by atoms with E-state index in [2.05, 4.69) is 15.4 Å². The topological polar surface area (TPSA) is 110 Å². The van der Waals surface area contributed by atoms with Crippen LogP contribution in [0.1, 0.15) is 21.6 Å². The first kappa shape index (κ1) is 18.5. The van der Waals surface area contributed by atoms with E-state index >= 15 is 0 Å². The van der Waals surface area contributed by atoms with Crippen LogP contribution in [0.3, 0.4) is 0 Å². The summed E-state index contributed by atoms with van der Waals surface area (Å²) in [6.45, 7) is 1.78. The molecule has 0 saturated heterocycles. The number of fused-ring (bicyclic) bond motifs is 1. The third-order valence-corrected chi connectivity index (χ3v) is 4.76. The Bertz CT molecular complexity index is 1280. The van der Waals surface area contributed by atoms with Gasteiger partial charge in [0.25, 0.3) is 5.91 Å². The highest BCUT2D eigenvalue weighted by Crippen LogP contribution is 2.29. The molecule has 0 aliphatic rings. The number of nitrogens with two attached hydrogens (primary N) is 1. The number of nitrogens with one attached hydrogen (secondary N) is 1. The van der Waals surface area contributed by atoms with Crippen LogP contribution in [0.25, 0.3) is 16.7 Å². The summed E-state index contributed by atoms with van der Waals surface area (Å²) in [4.78, 5) is 17.6. The number of aryl methyl sites for hydroxylation is 1. The molecule has 4 aromatic rings. The Labute approximate surface area is 171 Å². The SMILES string of the molecule is Cc1cc(C#N)cc(N)c1NC(=O)c1c2ccccc2nn1-c1ncccc1Cl. The Hall–Kier alpha value is -3.89. The summed E-state index contributed by atoms with van der Waals surface area (Å²) in [5.41, 5.74) is 8.83. The highest BCUT2D eigenvalue weighted by molar-refractivity contribution is 6.32. The Morgan fingerprint density at radius 2 is 2.03 bits per heavy atom. The molecule has 142 valence electrons. The van der Waals surface area contributed by atoms with Crippen molar-refractivity contribution in [2.24, 2.45) is 0 Å². The second-order valence-electron chi connectivity index (χ2n) is 6.41. The molecule has 29 heavy (non-hydrogen) atoms. The van der Waals surface area contributed by atoms with E-state index in [0.29, 0.717) is 44.2 Å². The molecule has 3 N–H and O–H groups in total. The van der Waals surface area contributed by atoms with Gasteiger partial charge in [0.15, 0.2) is 5.82 Å². The summed E-state index contributed by atoms with van der Waals surface area (Å²) in [7, 11) is 0. The van der Waals surface area contributed by atoms with Crippen molar-refractivity contribution >= 4 is 39.8 Å². The Morgan fingerprint density at radius 3 is 2.76 bits per heavy atom. The number of hydrogen-bond donors (Lipinski definition) is 2. The predicted molar refractivity (Wildman–Crippen MR) is 112 cm³/mol. The molecule has 0 aliphatic heterocycles. The number of anilines is 2. The summed E-state index contributed by atoms with van der Waals surface area (Å²) >= 11 is 6.30. The maximum Gasteiger partial charge on any atom is 0.275 e. The summed E-state index contributed by atoms with van der Waals surface area (Å²) < 4.78 is 1.43. The fraction of sp³-hybridized carbons (Fsp3) is 0.0476. The van der Waals surface area contributed by atoms with Gasteiger partial charge in [-0.3, -0.25) is 4.79 Å². The van der Waals surface area contributed by atoms with Gasteiger partial charge in [0.05, 0.1) is 33.5 Å². The lowest BCUT2D eigenvalue weighted by atomic mass is 10.1. The number of rotatable bonds is 3. The smallest absolute Gasteiger partial charge is 0.275 e. The summed E-state index contributed by atoms with van der Waals surface area (Å²) in [5.74, 6) is -0.0695. The first-order valence-corrected chi connectivity index (χ1v) is 9.07. The van der Waals surface area contributed by atoms with Gasteiger partial charge in [-0.15, -0.1) is 0 Å². The maximum absolute atomic E-state index is 13.3. The normalized spacial score (nSPS) is 10.7. The van der Waals surface area contributed by atoms with Crippen LogP contribution in [-0.4, -0.2) is 20.7 Å². The monoisotopic (exact) mass is 402 g/mol. The van der Waals surface area contributed by atoms with E-state index in [1.54, 1.807) is 43.5 Å². The molecule has 0 unspecified atom stereocenters. The van der Waals surface area contributed by atoms with Crippen molar-refractivity contribution in [1.29, 1.82) is 5.26 Å². The van der Waals surface area contributed by atoms with Crippen LogP contribution in [-0.2, 0) is 0 Å². The van der Waals surface area contributed by atoms with Crippen molar-refractivity contribution in [1.82, 2.24) is 14.8 Å². The van der Waals surface area contributed by atoms with Crippen molar-refractivity contribution in [2.45, 2.75) is 6.92 Å². The quantitative estimate of drug-likeness (QED) is 0.501. The molecule has 8 heteroatoms. The number of benzene rings is 2. The number of amides is 1. The number of carbonyl (C=O) groups excluding carboxylic acids is 1. The lowest BCUT2D eigenvalue weighted by molar-refractivity contribution is 0.102. The molecule has 0 bridgehead atoms. The van der Waals surface area contributed by atoms with Crippen molar-refractivity contribution in [3.63, 3.8) is 0 Å². The second-order valence-corrected chi connectivity index (χ2v) is 6.82. The molecule has 1 amide bonds. The zero-order chi connectivity index (χ0) is 20.5. The second kappa shape index (κ2) is 7.26. The van der Waals surface area contributed by atoms with Crippen LogP contribution in [0.2, 0.25) is 5.02 Å². The van der Waals surface area contributed by atoms with Gasteiger partial charge in [-0.2, -0.15) is 10.4 Å². The molecule has 7 nitrogen and oxygen atoms in total. The lowest BCUT2D eigenvalue weighted by Crippen LogP contribution is -2.19. The molecule has 0 aliphatic carbocycles. The highest BCUT2D eigenvalue weighted by atomic mass is 35.5. The van der Waals surface area contributed by atoms with E-state index in [1.165, 1.54) is 10.7 Å². The zero-order valence-corrected chi connectivity index (χ0v) is 16.1. The number of nitriles is 1. The summed E-state index contributed by atoms with van der Waals surface area (Å²) in [6, 6.07) is 15.9. The standard InChI is InChI=1S/C21H15ClN6O/c1-12-9-13(11-23)10-16(24)18(12)26-21(29)19-14-5-2-3-7-17(14)27-28(19)20-15(22)6-4-8-25-20/h2-10H,24H2,1H3,(H,26,29). The van der Waals surface area contributed by atoms with E-state index < -0.39 is 5.91 Å². The number of hydrogen-bond acceptors (Lipinski definition) is 5. The minimum Gasteiger partial charge on any atom is -0.397 e. The van der Waals surface area contributed by atoms with Crippen LogP contribution in [0, 0.1) is 18.3 Å². The van der Waals surface area contributed by atoms with Gasteiger partial charge in [0.1, 0.15) is 5.69 Å². The molecule has 2 aromatic carbocycles. The molecular formula is C21H15ClN6O. The minimum atomic E-state index is -0.417. The molecule has 2 heterocycles. The molecule has 2 aromatic heterocycles. The summed E-state index contributed by atoms with van der Waals surface area (Å²) in [5, 5.41) is 17.5. The van der Waals surface area contributed by atoms with Gasteiger partial charge in [-0.25, -0.2) is 9.67 Å². The van der Waals surface area contributed by atoms with E-state index in [4.69, 9.17) is 22.6 Å². The lowest BCUT2D eigenvalue weighted by Gasteiger charge is -2.13. The molecule has 0 radical (unpaired) electrons. The van der Waals surface area contributed by atoms with Crippen molar-refractivity contribution in [3.8, 4) is 11.9 Å². The van der Waals surface area contributed by atoms with Gasteiger partial charge < -0.3 is 11.1 Å². The van der Waals surface area contributed by atoms with Crippen LogP contribution >= 0.6 is 11.6 Å². The molecule has 0 fully saturated rings. The van der Waals surface area contributed by atoms with Crippen LogP contribution in [0.5, 0.6) is 0 Å². The molecule has 0 saturated carbocycles. The van der Waals surface area contributed by atoms with Gasteiger partial charge in [-0.05, 0) is 42.8 Å². The van der Waals surface area contributed by atoms with Gasteiger partial charge in [-0.1, -0.05) is 29.8 Å². The van der Waals surface area contributed by atoms with E-state index in [0.717, 1.165) is 0 Å². The Kier molecular flexibility index (Phi) is 4.63. The van der Waals surface area contributed by atoms with Gasteiger partial charge in [0.2, 0.25) is 0 Å². The maximum atomic E-state index is 13.3. The molecule has 0 spiro atoms. The number of halogens is 1. The number of aromatic nitrogens is 3. The van der Waals surface area contributed by atoms with Crippen molar-refractivity contribution in [3.05, 3.63) is 76.6 Å².